The first kappa shape index (κ1) is 20.8. The highest BCUT2D eigenvalue weighted by Crippen LogP contribution is 2.38. The summed E-state index contributed by atoms with van der Waals surface area (Å²) in [6, 6.07) is 3.30. The second kappa shape index (κ2) is 7.68. The van der Waals surface area contributed by atoms with Crippen molar-refractivity contribution in [1.82, 2.24) is 30.4 Å². The number of nitrogens with one attached hydrogen (secondary N) is 3. The average molecular weight is 441 g/mol. The fourth-order valence-corrected chi connectivity index (χ4v) is 3.81. The fourth-order valence-electron chi connectivity index (χ4n) is 3.81. The first-order chi connectivity index (χ1) is 15.2. The summed E-state index contributed by atoms with van der Waals surface area (Å²) in [6.07, 6.45) is 1.25. The smallest absolute Gasteiger partial charge is 0.328 e. The highest BCUT2D eigenvalue weighted by molar-refractivity contribution is 6.16. The lowest BCUT2D eigenvalue weighted by Gasteiger charge is -2.27. The molecular weight excluding hydrogens is 422 g/mol. The zero-order chi connectivity index (χ0) is 23.2. The number of aromatic amines is 1. The number of hydrogen-bond donors (Lipinski definition) is 4. The lowest BCUT2D eigenvalue weighted by atomic mass is 9.82. The molecule has 0 saturated carbocycles. The van der Waals surface area contributed by atoms with Gasteiger partial charge in [0.25, 0.3) is 5.82 Å². The van der Waals surface area contributed by atoms with Crippen molar-refractivity contribution in [3.05, 3.63) is 52.5 Å². The predicted molar refractivity (Wildman–Crippen MR) is 106 cm³/mol. The van der Waals surface area contributed by atoms with Gasteiger partial charge in [0.15, 0.2) is 17.2 Å². The molecule has 1 aromatic carbocycles. The SMILES string of the molecule is COc1ccc([C@H](c2n(-c3ncn[nH]3)c(C)c(C)[n+]2[O-])C2C(=O)NC(=O)NC2=O)cc1O. The minimum atomic E-state index is -1.50. The van der Waals surface area contributed by atoms with Crippen molar-refractivity contribution >= 4 is 17.8 Å². The van der Waals surface area contributed by atoms with Crippen molar-refractivity contribution in [1.29, 1.82) is 0 Å². The van der Waals surface area contributed by atoms with Crippen LogP contribution in [-0.2, 0) is 9.59 Å². The maximum atomic E-state index is 13.3. The first-order valence-corrected chi connectivity index (χ1v) is 9.44. The largest absolute Gasteiger partial charge is 0.711 e. The van der Waals surface area contributed by atoms with Gasteiger partial charge < -0.3 is 15.1 Å². The second-order valence-electron chi connectivity index (χ2n) is 7.16. The Labute approximate surface area is 180 Å². The number of amides is 4. The summed E-state index contributed by atoms with van der Waals surface area (Å²) in [5.41, 5.74) is 1.05. The molecule has 1 atom stereocenters. The lowest BCUT2D eigenvalue weighted by molar-refractivity contribution is -0.621. The molecule has 0 bridgehead atoms. The Morgan fingerprint density at radius 1 is 1.22 bits per heavy atom. The topological polar surface area (TPSA) is 178 Å². The number of phenols is 1. The molecule has 13 nitrogen and oxygen atoms in total. The number of phenolic OH excluding ortho intramolecular Hbond substituents is 1. The third kappa shape index (κ3) is 3.19. The van der Waals surface area contributed by atoms with Crippen molar-refractivity contribution in [3.8, 4) is 17.4 Å². The van der Waals surface area contributed by atoms with Crippen molar-refractivity contribution < 1.29 is 29.0 Å². The number of rotatable bonds is 5. The van der Waals surface area contributed by atoms with Gasteiger partial charge >= 0.3 is 12.0 Å². The van der Waals surface area contributed by atoms with Gasteiger partial charge in [0, 0.05) is 13.8 Å². The minimum absolute atomic E-state index is 0.0361. The van der Waals surface area contributed by atoms with Crippen LogP contribution in [0.3, 0.4) is 0 Å². The molecule has 32 heavy (non-hydrogen) atoms. The summed E-state index contributed by atoms with van der Waals surface area (Å²) in [5, 5.41) is 34.2. The third-order valence-corrected chi connectivity index (χ3v) is 5.43. The van der Waals surface area contributed by atoms with Crippen LogP contribution >= 0.6 is 0 Å². The van der Waals surface area contributed by atoms with E-state index in [4.69, 9.17) is 4.74 Å². The molecule has 4 N–H and O–H groups in total. The molecule has 166 valence electrons. The van der Waals surface area contributed by atoms with E-state index in [1.54, 1.807) is 13.8 Å². The Morgan fingerprint density at radius 3 is 2.47 bits per heavy atom. The van der Waals surface area contributed by atoms with Gasteiger partial charge in [0.1, 0.15) is 23.9 Å². The maximum Gasteiger partial charge on any atom is 0.328 e. The second-order valence-corrected chi connectivity index (χ2v) is 7.16. The molecule has 1 saturated heterocycles. The van der Waals surface area contributed by atoms with E-state index in [1.165, 1.54) is 36.2 Å². The highest BCUT2D eigenvalue weighted by atomic mass is 16.5. The van der Waals surface area contributed by atoms with E-state index in [0.717, 1.165) is 0 Å². The number of hydrogen-bond acceptors (Lipinski definition) is 8. The molecule has 1 aliphatic heterocycles. The van der Waals surface area contributed by atoms with Gasteiger partial charge in [-0.2, -0.15) is 14.6 Å². The molecule has 1 fully saturated rings. The summed E-state index contributed by atoms with van der Waals surface area (Å²) in [4.78, 5) is 41.3. The molecule has 0 unspecified atom stereocenters. The van der Waals surface area contributed by atoms with Crippen molar-refractivity contribution in [2.24, 2.45) is 5.92 Å². The monoisotopic (exact) mass is 441 g/mol. The zero-order valence-corrected chi connectivity index (χ0v) is 17.2. The fraction of sp³-hybridized carbons (Fsp3) is 0.263. The van der Waals surface area contributed by atoms with E-state index in [2.05, 4.69) is 25.8 Å². The van der Waals surface area contributed by atoms with Crippen LogP contribution in [0.1, 0.15) is 28.7 Å². The van der Waals surface area contributed by atoms with Crippen LogP contribution in [-0.4, -0.2) is 49.8 Å². The van der Waals surface area contributed by atoms with Crippen LogP contribution in [0.5, 0.6) is 11.5 Å². The number of H-pyrrole nitrogens is 1. The minimum Gasteiger partial charge on any atom is -0.711 e. The van der Waals surface area contributed by atoms with Crippen LogP contribution < -0.4 is 20.1 Å². The summed E-state index contributed by atoms with van der Waals surface area (Å²) in [7, 11) is 1.37. The van der Waals surface area contributed by atoms with Crippen LogP contribution in [0.2, 0.25) is 0 Å². The molecule has 4 amide bonds. The molecule has 0 aliphatic carbocycles. The molecule has 3 heterocycles. The Bertz CT molecular complexity index is 1210. The summed E-state index contributed by atoms with van der Waals surface area (Å²) in [6.45, 7) is 3.24. The zero-order valence-electron chi connectivity index (χ0n) is 17.2. The van der Waals surface area contributed by atoms with Gasteiger partial charge in [-0.3, -0.25) is 20.2 Å². The van der Waals surface area contributed by atoms with Crippen LogP contribution in [0.25, 0.3) is 5.95 Å². The van der Waals surface area contributed by atoms with E-state index in [1.807, 2.05) is 0 Å². The van der Waals surface area contributed by atoms with Gasteiger partial charge in [-0.25, -0.2) is 14.6 Å². The lowest BCUT2D eigenvalue weighted by Crippen LogP contribution is -2.58. The quantitative estimate of drug-likeness (QED) is 0.236. The number of carbonyl (C=O) groups excluding carboxylic acids is 3. The summed E-state index contributed by atoms with van der Waals surface area (Å²) < 4.78 is 7.10. The number of imidazole rings is 1. The van der Waals surface area contributed by atoms with Crippen molar-refractivity contribution in [3.63, 3.8) is 0 Å². The number of barbiturate groups is 1. The van der Waals surface area contributed by atoms with Crippen molar-refractivity contribution in [2.45, 2.75) is 19.8 Å². The highest BCUT2D eigenvalue weighted by Gasteiger charge is 2.48. The average Bonchev–Trinajstić information content (AvgIpc) is 3.34. The molecule has 0 radical (unpaired) electrons. The van der Waals surface area contributed by atoms with Gasteiger partial charge in [-0.15, -0.1) is 0 Å². The van der Waals surface area contributed by atoms with Crippen LogP contribution in [0, 0.1) is 25.0 Å². The molecule has 1 aliphatic rings. The van der Waals surface area contributed by atoms with E-state index < -0.39 is 29.7 Å². The first-order valence-electron chi connectivity index (χ1n) is 9.44. The van der Waals surface area contributed by atoms with Crippen LogP contribution in [0.4, 0.5) is 4.79 Å². The van der Waals surface area contributed by atoms with E-state index in [9.17, 15) is 24.7 Å². The third-order valence-electron chi connectivity index (χ3n) is 5.43. The molecule has 0 spiro atoms. The Kier molecular flexibility index (Phi) is 5.00. The number of benzene rings is 1. The summed E-state index contributed by atoms with van der Waals surface area (Å²) in [5.74, 6) is -4.44. The number of ether oxygens (including phenoxy) is 1. The van der Waals surface area contributed by atoms with Gasteiger partial charge in [0.05, 0.1) is 7.11 Å². The molecule has 3 aromatic rings. The molecular formula is C19H19N7O6. The van der Waals surface area contributed by atoms with Gasteiger partial charge in [-0.05, 0) is 17.7 Å². The Hall–Kier alpha value is -4.42. The molecule has 4 rings (SSSR count). The van der Waals surface area contributed by atoms with E-state index >= 15 is 0 Å². The van der Waals surface area contributed by atoms with Crippen LogP contribution in [0.15, 0.2) is 24.5 Å². The number of imide groups is 2. The Balaban J connectivity index is 2.01. The number of aromatic nitrogens is 5. The number of aromatic hydroxyl groups is 1. The predicted octanol–water partition coefficient (Wildman–Crippen LogP) is -0.326. The number of nitrogens with zero attached hydrogens (tertiary/aromatic N) is 4. The van der Waals surface area contributed by atoms with Gasteiger partial charge in [-0.1, -0.05) is 6.07 Å². The number of urea groups is 1. The van der Waals surface area contributed by atoms with Crippen molar-refractivity contribution in [2.75, 3.05) is 7.11 Å². The van der Waals surface area contributed by atoms with E-state index in [-0.39, 0.29) is 28.8 Å². The standard InChI is InChI=1S/C19H19N7O6/c1-8-9(2)26(31)17(25(8)18-20-7-21-24-18)13(10-4-5-12(32-3)11(27)6-10)14-15(28)22-19(30)23-16(14)29/h4-7,13-14,27H,1-3H3,(H,20,21,24)(H2,22,23,28,29,30)/t13-/m0/s1. The van der Waals surface area contributed by atoms with Gasteiger partial charge in [0.2, 0.25) is 11.8 Å². The maximum absolute atomic E-state index is 13.3. The number of methoxy groups -OCH3 is 1. The van der Waals surface area contributed by atoms with E-state index in [0.29, 0.717) is 16.1 Å². The normalized spacial score (nSPS) is 15.4. The molecule has 13 heteroatoms. The number of carbonyl (C=O) groups is 3. The summed E-state index contributed by atoms with van der Waals surface area (Å²) >= 11 is 0. The Morgan fingerprint density at radius 2 is 1.91 bits per heavy atom. The molecule has 2 aromatic heterocycles.